The van der Waals surface area contributed by atoms with Crippen LogP contribution < -0.4 is 10.0 Å². The van der Waals surface area contributed by atoms with E-state index in [1.807, 2.05) is 6.92 Å². The van der Waals surface area contributed by atoms with Crippen LogP contribution in [0.5, 0.6) is 0 Å². The maximum atomic E-state index is 12.1. The lowest BCUT2D eigenvalue weighted by atomic mass is 10.4. The Bertz CT molecular complexity index is 663. The third-order valence-electron chi connectivity index (χ3n) is 2.43. The van der Waals surface area contributed by atoms with E-state index < -0.39 is 10.0 Å². The molecular weight excluding hydrogens is 300 g/mol. The minimum absolute atomic E-state index is 0.0103. The van der Waals surface area contributed by atoms with Crippen molar-refractivity contribution in [3.8, 4) is 0 Å². The first-order chi connectivity index (χ1) is 9.51. The number of aryl methyl sites for hydroxylation is 1. The summed E-state index contributed by atoms with van der Waals surface area (Å²) < 4.78 is 31.8. The molecule has 0 saturated carbocycles. The number of aromatic nitrogens is 2. The van der Waals surface area contributed by atoms with Crippen molar-refractivity contribution in [2.75, 3.05) is 6.54 Å². The van der Waals surface area contributed by atoms with Crippen molar-refractivity contribution in [3.63, 3.8) is 0 Å². The van der Waals surface area contributed by atoms with E-state index >= 15 is 0 Å². The highest BCUT2D eigenvalue weighted by Crippen LogP contribution is 2.21. The molecule has 110 valence electrons. The highest BCUT2D eigenvalue weighted by atomic mass is 32.2. The molecule has 0 atom stereocenters. The van der Waals surface area contributed by atoms with E-state index in [0.717, 1.165) is 11.4 Å². The molecule has 2 heterocycles. The van der Waals surface area contributed by atoms with Gasteiger partial charge in [0.05, 0.1) is 6.54 Å². The Morgan fingerprint density at radius 2 is 2.15 bits per heavy atom. The largest absolute Gasteiger partial charge is 0.338 e. The predicted octanol–water partition coefficient (Wildman–Crippen LogP) is 1.03. The van der Waals surface area contributed by atoms with Crippen LogP contribution >= 0.6 is 11.3 Å². The zero-order valence-electron chi connectivity index (χ0n) is 11.2. The van der Waals surface area contributed by atoms with Crippen LogP contribution in [0.3, 0.4) is 0 Å². The summed E-state index contributed by atoms with van der Waals surface area (Å²) in [6.45, 7) is 5.17. The fourth-order valence-electron chi connectivity index (χ4n) is 1.49. The van der Waals surface area contributed by atoms with Crippen molar-refractivity contribution in [3.05, 3.63) is 28.7 Å². The third-order valence-corrected chi connectivity index (χ3v) is 5.41. The summed E-state index contributed by atoms with van der Waals surface area (Å²) in [5.41, 5.74) is 0. The highest BCUT2D eigenvalue weighted by Gasteiger charge is 2.17. The minimum atomic E-state index is -3.54. The van der Waals surface area contributed by atoms with Crippen LogP contribution in [-0.2, 0) is 23.1 Å². The molecule has 9 heteroatoms. The van der Waals surface area contributed by atoms with Gasteiger partial charge in [-0.05, 0) is 25.6 Å². The molecule has 20 heavy (non-hydrogen) atoms. The van der Waals surface area contributed by atoms with Crippen molar-refractivity contribution in [2.24, 2.45) is 0 Å². The molecule has 0 bridgehead atoms. The average Bonchev–Trinajstić information content (AvgIpc) is 3.03. The smallest absolute Gasteiger partial charge is 0.250 e. The molecule has 0 fully saturated rings. The summed E-state index contributed by atoms with van der Waals surface area (Å²) in [6.07, 6.45) is 0. The number of rotatable bonds is 7. The maximum Gasteiger partial charge on any atom is 0.250 e. The summed E-state index contributed by atoms with van der Waals surface area (Å²) in [4.78, 5) is 4.91. The van der Waals surface area contributed by atoms with Gasteiger partial charge >= 0.3 is 0 Å². The number of nitrogens with zero attached hydrogens (tertiary/aromatic N) is 2. The topological polar surface area (TPSA) is 97.1 Å². The molecule has 0 aromatic carbocycles. The van der Waals surface area contributed by atoms with Crippen LogP contribution in [0.25, 0.3) is 0 Å². The molecule has 0 unspecified atom stereocenters. The summed E-state index contributed by atoms with van der Waals surface area (Å²) in [5.74, 6) is 0.721. The van der Waals surface area contributed by atoms with Crippen LogP contribution in [0, 0.1) is 6.92 Å². The molecular formula is C11H16N4O3S2. The van der Waals surface area contributed by atoms with Gasteiger partial charge in [-0.15, -0.1) is 11.3 Å². The predicted molar refractivity (Wildman–Crippen MR) is 74.8 cm³/mol. The lowest BCUT2D eigenvalue weighted by Crippen LogP contribution is -2.22. The van der Waals surface area contributed by atoms with Crippen molar-refractivity contribution >= 4 is 21.4 Å². The zero-order chi connectivity index (χ0) is 14.6. The Kier molecular flexibility index (Phi) is 4.86. The second kappa shape index (κ2) is 6.44. The molecule has 0 aliphatic heterocycles. The average molecular weight is 316 g/mol. The number of sulfonamides is 1. The fraction of sp³-hybridized carbons (Fsp3) is 0.455. The monoisotopic (exact) mass is 316 g/mol. The van der Waals surface area contributed by atoms with Gasteiger partial charge in [0, 0.05) is 11.4 Å². The molecule has 2 aromatic rings. The van der Waals surface area contributed by atoms with Crippen molar-refractivity contribution in [2.45, 2.75) is 31.1 Å². The van der Waals surface area contributed by atoms with Gasteiger partial charge < -0.3 is 9.84 Å². The third kappa shape index (κ3) is 3.85. The van der Waals surface area contributed by atoms with Crippen molar-refractivity contribution in [1.29, 1.82) is 0 Å². The van der Waals surface area contributed by atoms with Gasteiger partial charge in [-0.25, -0.2) is 13.1 Å². The summed E-state index contributed by atoms with van der Waals surface area (Å²) in [5, 5.41) is 6.75. The van der Waals surface area contributed by atoms with Gasteiger partial charge in [0.2, 0.25) is 5.89 Å². The summed E-state index contributed by atoms with van der Waals surface area (Å²) >= 11 is 1.24. The van der Waals surface area contributed by atoms with E-state index in [9.17, 15) is 8.42 Å². The zero-order valence-corrected chi connectivity index (χ0v) is 12.8. The second-order valence-corrected chi connectivity index (χ2v) is 7.22. The standard InChI is InChI=1S/C11H16N4O3S2/c1-3-12-6-9-4-5-11(19-9)20(16,17)13-7-10-14-8(2)15-18-10/h4-5,12-13H,3,6-7H2,1-2H3. The normalized spacial score (nSPS) is 11.9. The molecule has 2 aromatic heterocycles. The van der Waals surface area contributed by atoms with Crippen LogP contribution in [0.4, 0.5) is 0 Å². The van der Waals surface area contributed by atoms with Crippen LogP contribution in [0.2, 0.25) is 0 Å². The van der Waals surface area contributed by atoms with Gasteiger partial charge in [0.1, 0.15) is 4.21 Å². The molecule has 0 aliphatic carbocycles. The quantitative estimate of drug-likeness (QED) is 0.792. The van der Waals surface area contributed by atoms with Gasteiger partial charge in [-0.3, -0.25) is 0 Å². The van der Waals surface area contributed by atoms with Crippen LogP contribution in [0.15, 0.2) is 20.9 Å². The van der Waals surface area contributed by atoms with E-state index in [2.05, 4.69) is 20.2 Å². The van der Waals surface area contributed by atoms with E-state index in [4.69, 9.17) is 4.52 Å². The van der Waals surface area contributed by atoms with Gasteiger partial charge in [0.25, 0.3) is 10.0 Å². The first kappa shape index (κ1) is 15.1. The molecule has 0 radical (unpaired) electrons. The van der Waals surface area contributed by atoms with E-state index in [0.29, 0.717) is 12.4 Å². The molecule has 0 amide bonds. The van der Waals surface area contributed by atoms with E-state index in [-0.39, 0.29) is 16.6 Å². The Hall–Kier alpha value is -1.29. The van der Waals surface area contributed by atoms with Crippen LogP contribution in [0.1, 0.15) is 23.5 Å². The first-order valence-electron chi connectivity index (χ1n) is 6.09. The molecule has 0 aliphatic rings. The number of hydrogen-bond acceptors (Lipinski definition) is 7. The van der Waals surface area contributed by atoms with E-state index in [1.165, 1.54) is 11.3 Å². The lowest BCUT2D eigenvalue weighted by molar-refractivity contribution is 0.372. The number of thiophene rings is 1. The van der Waals surface area contributed by atoms with Crippen molar-refractivity contribution < 1.29 is 12.9 Å². The maximum absolute atomic E-state index is 12.1. The van der Waals surface area contributed by atoms with Gasteiger partial charge in [-0.1, -0.05) is 12.1 Å². The summed E-state index contributed by atoms with van der Waals surface area (Å²) in [6, 6.07) is 3.40. The van der Waals surface area contributed by atoms with Crippen molar-refractivity contribution in [1.82, 2.24) is 20.2 Å². The summed E-state index contributed by atoms with van der Waals surface area (Å²) in [7, 11) is -3.54. The van der Waals surface area contributed by atoms with Gasteiger partial charge in [-0.2, -0.15) is 4.98 Å². The SMILES string of the molecule is CCNCc1ccc(S(=O)(=O)NCc2nc(C)no2)s1. The molecule has 0 saturated heterocycles. The molecule has 0 spiro atoms. The van der Waals surface area contributed by atoms with Crippen LogP contribution in [-0.4, -0.2) is 25.1 Å². The molecule has 2 rings (SSSR count). The van der Waals surface area contributed by atoms with Gasteiger partial charge in [0.15, 0.2) is 5.82 Å². The fourth-order valence-corrected chi connectivity index (χ4v) is 3.83. The second-order valence-electron chi connectivity index (χ2n) is 4.06. The highest BCUT2D eigenvalue weighted by molar-refractivity contribution is 7.91. The Morgan fingerprint density at radius 1 is 1.35 bits per heavy atom. The molecule has 2 N–H and O–H groups in total. The number of nitrogens with one attached hydrogen (secondary N) is 2. The lowest BCUT2D eigenvalue weighted by Gasteiger charge is -2.01. The Morgan fingerprint density at radius 3 is 2.80 bits per heavy atom. The van der Waals surface area contributed by atoms with E-state index in [1.54, 1.807) is 19.1 Å². The minimum Gasteiger partial charge on any atom is -0.338 e. The number of hydrogen-bond donors (Lipinski definition) is 2. The Labute approximate surface area is 121 Å². The molecule has 7 nitrogen and oxygen atoms in total. The first-order valence-corrected chi connectivity index (χ1v) is 8.39. The Balaban J connectivity index is 2.00.